The van der Waals surface area contributed by atoms with Gasteiger partial charge in [-0.05, 0) is 24.5 Å². The summed E-state index contributed by atoms with van der Waals surface area (Å²) >= 11 is 0. The fourth-order valence-electron chi connectivity index (χ4n) is 3.35. The van der Waals surface area contributed by atoms with E-state index in [0.29, 0.717) is 12.8 Å². The Morgan fingerprint density at radius 1 is 1.11 bits per heavy atom. The van der Waals surface area contributed by atoms with E-state index in [9.17, 15) is 0 Å². The van der Waals surface area contributed by atoms with Gasteiger partial charge < -0.3 is 14.8 Å². The molecule has 18 heavy (non-hydrogen) atoms. The summed E-state index contributed by atoms with van der Waals surface area (Å²) in [6, 6.07) is 4.92. The average molecular weight is 246 g/mol. The summed E-state index contributed by atoms with van der Waals surface area (Å²) in [7, 11) is 0. The minimum absolute atomic E-state index is 0.379. The van der Waals surface area contributed by atoms with Gasteiger partial charge in [0.25, 0.3) is 0 Å². The molecule has 4 nitrogen and oxygen atoms in total. The first-order valence-electron chi connectivity index (χ1n) is 6.77. The SMILES string of the molecule is c1cc2c(c3c1CC(N1CCNCC1)C3)OCO2. The third-order valence-electron chi connectivity index (χ3n) is 4.30. The minimum atomic E-state index is 0.379. The Morgan fingerprint density at radius 2 is 2.00 bits per heavy atom. The molecule has 96 valence electrons. The van der Waals surface area contributed by atoms with E-state index < -0.39 is 0 Å². The van der Waals surface area contributed by atoms with Crippen molar-refractivity contribution in [3.8, 4) is 11.5 Å². The standard InChI is InChI=1S/C14H18N2O2/c1-2-13-14(18-9-17-13)12-8-11(7-10(1)12)16-5-3-15-4-6-16/h1-2,11,15H,3-9H2. The van der Waals surface area contributed by atoms with Crippen LogP contribution in [0.15, 0.2) is 12.1 Å². The van der Waals surface area contributed by atoms with Crippen molar-refractivity contribution in [2.24, 2.45) is 0 Å². The first-order chi connectivity index (χ1) is 8.92. The highest BCUT2D eigenvalue weighted by atomic mass is 16.7. The third-order valence-corrected chi connectivity index (χ3v) is 4.30. The fraction of sp³-hybridized carbons (Fsp3) is 0.571. The molecule has 0 bridgehead atoms. The second-order valence-electron chi connectivity index (χ2n) is 5.29. The van der Waals surface area contributed by atoms with Gasteiger partial charge in [-0.3, -0.25) is 4.90 Å². The maximum absolute atomic E-state index is 5.62. The van der Waals surface area contributed by atoms with Gasteiger partial charge in [-0.1, -0.05) is 6.07 Å². The molecule has 1 aromatic rings. The molecular formula is C14H18N2O2. The highest BCUT2D eigenvalue weighted by Gasteiger charge is 2.32. The van der Waals surface area contributed by atoms with Crippen LogP contribution >= 0.6 is 0 Å². The molecule has 4 heteroatoms. The van der Waals surface area contributed by atoms with Gasteiger partial charge in [0.2, 0.25) is 6.79 Å². The van der Waals surface area contributed by atoms with E-state index in [4.69, 9.17) is 9.47 Å². The van der Waals surface area contributed by atoms with Gasteiger partial charge in [-0.25, -0.2) is 0 Å². The van der Waals surface area contributed by atoms with Gasteiger partial charge in [0.15, 0.2) is 11.5 Å². The Balaban J connectivity index is 1.59. The number of rotatable bonds is 1. The van der Waals surface area contributed by atoms with Crippen molar-refractivity contribution in [1.82, 2.24) is 10.2 Å². The van der Waals surface area contributed by atoms with Gasteiger partial charge in [0.1, 0.15) is 0 Å². The zero-order valence-corrected chi connectivity index (χ0v) is 10.4. The molecule has 3 aliphatic rings. The Hall–Kier alpha value is -1.26. The largest absolute Gasteiger partial charge is 0.454 e. The van der Waals surface area contributed by atoms with E-state index in [1.807, 2.05) is 0 Å². The van der Waals surface area contributed by atoms with E-state index in [0.717, 1.165) is 50.5 Å². The molecule has 1 saturated heterocycles. The van der Waals surface area contributed by atoms with Gasteiger partial charge in [-0.15, -0.1) is 0 Å². The van der Waals surface area contributed by atoms with Crippen molar-refractivity contribution in [2.45, 2.75) is 18.9 Å². The number of nitrogens with zero attached hydrogens (tertiary/aromatic N) is 1. The van der Waals surface area contributed by atoms with Crippen LogP contribution in [-0.2, 0) is 12.8 Å². The number of hydrogen-bond donors (Lipinski definition) is 1. The molecule has 1 N–H and O–H groups in total. The molecule has 1 unspecified atom stereocenters. The summed E-state index contributed by atoms with van der Waals surface area (Å²) in [6.45, 7) is 4.94. The summed E-state index contributed by atoms with van der Waals surface area (Å²) in [4.78, 5) is 2.61. The highest BCUT2D eigenvalue weighted by Crippen LogP contribution is 2.42. The Kier molecular flexibility index (Phi) is 2.45. The molecule has 0 saturated carbocycles. The lowest BCUT2D eigenvalue weighted by Crippen LogP contribution is -2.48. The van der Waals surface area contributed by atoms with Crippen LogP contribution in [0.4, 0.5) is 0 Å². The van der Waals surface area contributed by atoms with Crippen molar-refractivity contribution < 1.29 is 9.47 Å². The predicted octanol–water partition coefficient (Wildman–Crippen LogP) is 0.788. The minimum Gasteiger partial charge on any atom is -0.454 e. The number of piperazine rings is 1. The topological polar surface area (TPSA) is 33.7 Å². The molecule has 2 aliphatic heterocycles. The zero-order chi connectivity index (χ0) is 11.9. The molecule has 1 aliphatic carbocycles. The van der Waals surface area contributed by atoms with Crippen LogP contribution in [-0.4, -0.2) is 43.9 Å². The van der Waals surface area contributed by atoms with Crippen LogP contribution < -0.4 is 14.8 Å². The number of benzene rings is 1. The van der Waals surface area contributed by atoms with Crippen LogP contribution in [0.25, 0.3) is 0 Å². The molecule has 1 aromatic carbocycles. The average Bonchev–Trinajstić information content (AvgIpc) is 3.05. The number of fused-ring (bicyclic) bond motifs is 3. The van der Waals surface area contributed by atoms with E-state index >= 15 is 0 Å². The molecule has 0 amide bonds. The number of hydrogen-bond acceptors (Lipinski definition) is 4. The van der Waals surface area contributed by atoms with Crippen molar-refractivity contribution in [3.05, 3.63) is 23.3 Å². The second kappa shape index (κ2) is 4.14. The Labute approximate surface area is 107 Å². The predicted molar refractivity (Wildman–Crippen MR) is 68.2 cm³/mol. The lowest BCUT2D eigenvalue weighted by Gasteiger charge is -2.32. The smallest absolute Gasteiger partial charge is 0.231 e. The van der Waals surface area contributed by atoms with Crippen LogP contribution in [0.3, 0.4) is 0 Å². The molecule has 0 radical (unpaired) electrons. The van der Waals surface area contributed by atoms with Gasteiger partial charge in [0, 0.05) is 37.8 Å². The maximum atomic E-state index is 5.62. The Bertz CT molecular complexity index is 469. The van der Waals surface area contributed by atoms with Crippen LogP contribution in [0.5, 0.6) is 11.5 Å². The first kappa shape index (κ1) is 10.6. The Morgan fingerprint density at radius 3 is 2.89 bits per heavy atom. The first-order valence-corrected chi connectivity index (χ1v) is 6.77. The van der Waals surface area contributed by atoms with Crippen LogP contribution in [0, 0.1) is 0 Å². The van der Waals surface area contributed by atoms with Crippen molar-refractivity contribution in [1.29, 1.82) is 0 Å². The molecule has 4 rings (SSSR count). The van der Waals surface area contributed by atoms with Crippen molar-refractivity contribution in [3.63, 3.8) is 0 Å². The van der Waals surface area contributed by atoms with Gasteiger partial charge in [-0.2, -0.15) is 0 Å². The summed E-state index contributed by atoms with van der Waals surface area (Å²) in [6.07, 6.45) is 2.27. The van der Waals surface area contributed by atoms with Crippen LogP contribution in [0.2, 0.25) is 0 Å². The van der Waals surface area contributed by atoms with Crippen molar-refractivity contribution in [2.75, 3.05) is 33.0 Å². The zero-order valence-electron chi connectivity index (χ0n) is 10.4. The molecule has 1 fully saturated rings. The quantitative estimate of drug-likeness (QED) is 0.794. The summed E-state index contributed by atoms with van der Waals surface area (Å²) in [5, 5.41) is 3.41. The second-order valence-corrected chi connectivity index (χ2v) is 5.29. The summed E-state index contributed by atoms with van der Waals surface area (Å²) in [5.74, 6) is 1.93. The summed E-state index contributed by atoms with van der Waals surface area (Å²) < 4.78 is 11.1. The van der Waals surface area contributed by atoms with E-state index in [1.165, 1.54) is 11.1 Å². The molecular weight excluding hydrogens is 228 g/mol. The van der Waals surface area contributed by atoms with E-state index in [1.54, 1.807) is 0 Å². The molecule has 1 atom stereocenters. The monoisotopic (exact) mass is 246 g/mol. The maximum Gasteiger partial charge on any atom is 0.231 e. The molecule has 2 heterocycles. The van der Waals surface area contributed by atoms with Crippen molar-refractivity contribution >= 4 is 0 Å². The lowest BCUT2D eigenvalue weighted by atomic mass is 10.1. The molecule has 0 aromatic heterocycles. The fourth-order valence-corrected chi connectivity index (χ4v) is 3.35. The van der Waals surface area contributed by atoms with Gasteiger partial charge in [0.05, 0.1) is 0 Å². The highest BCUT2D eigenvalue weighted by molar-refractivity contribution is 5.54. The number of nitrogens with one attached hydrogen (secondary N) is 1. The van der Waals surface area contributed by atoms with E-state index in [-0.39, 0.29) is 0 Å². The summed E-state index contributed by atoms with van der Waals surface area (Å²) in [5.41, 5.74) is 2.83. The van der Waals surface area contributed by atoms with Crippen LogP contribution in [0.1, 0.15) is 11.1 Å². The number of ether oxygens (including phenoxy) is 2. The van der Waals surface area contributed by atoms with E-state index in [2.05, 4.69) is 22.3 Å². The molecule has 0 spiro atoms. The van der Waals surface area contributed by atoms with Gasteiger partial charge >= 0.3 is 0 Å². The lowest BCUT2D eigenvalue weighted by molar-refractivity contribution is 0.169. The third kappa shape index (κ3) is 1.60. The normalized spacial score (nSPS) is 26.3.